The summed E-state index contributed by atoms with van der Waals surface area (Å²) in [5, 5.41) is 0.0195. The minimum Gasteiger partial charge on any atom is -0.460 e. The fourth-order valence-corrected chi connectivity index (χ4v) is 2.78. The zero-order valence-electron chi connectivity index (χ0n) is 14.8. The maximum atomic E-state index is 13.2. The Balaban J connectivity index is 2.32. The molecule has 3 aromatic rings. The third-order valence-corrected chi connectivity index (χ3v) is 3.76. The van der Waals surface area contributed by atoms with Gasteiger partial charge in [-0.05, 0) is 24.6 Å². The van der Waals surface area contributed by atoms with Gasteiger partial charge in [-0.15, -0.1) is 0 Å². The van der Waals surface area contributed by atoms with Crippen LogP contribution in [0.3, 0.4) is 0 Å². The summed E-state index contributed by atoms with van der Waals surface area (Å²) in [7, 11) is 0. The van der Waals surface area contributed by atoms with Gasteiger partial charge in [0.25, 0.3) is 0 Å². The van der Waals surface area contributed by atoms with Crippen molar-refractivity contribution in [1.29, 1.82) is 0 Å². The highest BCUT2D eigenvalue weighted by molar-refractivity contribution is 5.91. The number of esters is 2. The first-order valence-electron chi connectivity index (χ1n) is 8.00. The molecule has 0 amide bonds. The fourth-order valence-electron chi connectivity index (χ4n) is 2.78. The van der Waals surface area contributed by atoms with Gasteiger partial charge in [0.2, 0.25) is 5.43 Å². The minimum absolute atomic E-state index is 0.0195. The quantitative estimate of drug-likeness (QED) is 0.516. The first-order chi connectivity index (χ1) is 12.8. The van der Waals surface area contributed by atoms with Crippen molar-refractivity contribution in [3.63, 3.8) is 0 Å². The van der Waals surface area contributed by atoms with Gasteiger partial charge in [-0.2, -0.15) is 0 Å². The molecule has 6 nitrogen and oxygen atoms in total. The number of carbonyl (C=O) groups excluding carboxylic acids is 2. The van der Waals surface area contributed by atoms with Crippen molar-refractivity contribution < 1.29 is 27.9 Å². The molecule has 1 aromatic heterocycles. The van der Waals surface area contributed by atoms with Crippen molar-refractivity contribution in [2.24, 2.45) is 0 Å². The molecular weight excluding hydrogens is 355 g/mol. The third-order valence-electron chi connectivity index (χ3n) is 3.76. The van der Waals surface area contributed by atoms with E-state index < -0.39 is 23.2 Å². The Kier molecular flexibility index (Phi) is 4.77. The van der Waals surface area contributed by atoms with Crippen molar-refractivity contribution in [3.05, 3.63) is 58.2 Å². The highest BCUT2D eigenvalue weighted by Crippen LogP contribution is 2.33. The molecule has 2 aromatic carbocycles. The van der Waals surface area contributed by atoms with Crippen molar-refractivity contribution in [3.8, 4) is 22.6 Å². The van der Waals surface area contributed by atoms with Crippen LogP contribution in [0.25, 0.3) is 22.1 Å². The van der Waals surface area contributed by atoms with E-state index in [0.29, 0.717) is 5.56 Å². The molecule has 7 heteroatoms. The van der Waals surface area contributed by atoms with Crippen LogP contribution in [0.4, 0.5) is 4.39 Å². The number of ether oxygens (including phenoxy) is 2. The summed E-state index contributed by atoms with van der Waals surface area (Å²) in [5.41, 5.74) is 0.322. The summed E-state index contributed by atoms with van der Waals surface area (Å²) in [6.45, 7) is 3.99. The molecule has 0 unspecified atom stereocenters. The lowest BCUT2D eigenvalue weighted by Crippen LogP contribution is -2.12. The fraction of sp³-hybridized carbons (Fsp3) is 0.150. The van der Waals surface area contributed by atoms with Crippen LogP contribution in [0.1, 0.15) is 19.6 Å². The number of halogens is 1. The lowest BCUT2D eigenvalue weighted by atomic mass is 10.0. The molecule has 1 heterocycles. The van der Waals surface area contributed by atoms with E-state index in [1.54, 1.807) is 6.92 Å². The summed E-state index contributed by atoms with van der Waals surface area (Å²) in [6.07, 6.45) is 0. The van der Waals surface area contributed by atoms with Crippen LogP contribution in [0, 0.1) is 12.7 Å². The van der Waals surface area contributed by atoms with Gasteiger partial charge in [-0.25, -0.2) is 4.39 Å². The van der Waals surface area contributed by atoms with Crippen molar-refractivity contribution in [2.45, 2.75) is 20.8 Å². The Morgan fingerprint density at radius 3 is 2.22 bits per heavy atom. The Bertz CT molecular complexity index is 1110. The summed E-state index contributed by atoms with van der Waals surface area (Å²) in [6, 6.07) is 8.01. The van der Waals surface area contributed by atoms with Crippen LogP contribution >= 0.6 is 0 Å². The number of aryl methyl sites for hydroxylation is 1. The van der Waals surface area contributed by atoms with Crippen LogP contribution in [0.2, 0.25) is 0 Å². The Morgan fingerprint density at radius 1 is 1.00 bits per heavy atom. The number of rotatable bonds is 3. The van der Waals surface area contributed by atoms with Gasteiger partial charge < -0.3 is 13.9 Å². The second kappa shape index (κ2) is 7.03. The molecule has 0 bridgehead atoms. The molecular formula is C20H15FO6. The average Bonchev–Trinajstić information content (AvgIpc) is 2.54. The zero-order chi connectivity index (χ0) is 19.7. The minimum atomic E-state index is -0.653. The van der Waals surface area contributed by atoms with Gasteiger partial charge >= 0.3 is 11.9 Å². The molecule has 0 N–H and O–H groups in total. The predicted octanol–water partition coefficient (Wildman–Crippen LogP) is 3.76. The van der Waals surface area contributed by atoms with Crippen LogP contribution in [-0.2, 0) is 9.59 Å². The van der Waals surface area contributed by atoms with Crippen molar-refractivity contribution in [2.75, 3.05) is 0 Å². The number of fused-ring (bicyclic) bond motifs is 1. The van der Waals surface area contributed by atoms with E-state index in [2.05, 4.69) is 0 Å². The summed E-state index contributed by atoms with van der Waals surface area (Å²) in [4.78, 5) is 35.8. The topological polar surface area (TPSA) is 82.8 Å². The molecule has 0 fully saturated rings. The molecule has 0 atom stereocenters. The molecule has 0 aliphatic rings. The SMILES string of the molecule is CC(=O)Oc1cc(OC(C)=O)c2c(=O)c(-c3ccc(F)cc3)c(C)oc2c1. The average molecular weight is 370 g/mol. The number of hydrogen-bond acceptors (Lipinski definition) is 6. The highest BCUT2D eigenvalue weighted by Gasteiger charge is 2.20. The number of carbonyl (C=O) groups is 2. The summed E-state index contributed by atoms with van der Waals surface area (Å²) >= 11 is 0. The van der Waals surface area contributed by atoms with E-state index in [4.69, 9.17) is 13.9 Å². The molecule has 0 saturated heterocycles. The normalized spacial score (nSPS) is 10.7. The van der Waals surface area contributed by atoms with E-state index in [-0.39, 0.29) is 33.8 Å². The predicted molar refractivity (Wildman–Crippen MR) is 95.2 cm³/mol. The van der Waals surface area contributed by atoms with E-state index >= 15 is 0 Å². The van der Waals surface area contributed by atoms with E-state index in [0.717, 1.165) is 0 Å². The Morgan fingerprint density at radius 2 is 1.63 bits per heavy atom. The monoisotopic (exact) mass is 370 g/mol. The van der Waals surface area contributed by atoms with Crippen molar-refractivity contribution >= 4 is 22.9 Å². The lowest BCUT2D eigenvalue weighted by molar-refractivity contribution is -0.132. The largest absolute Gasteiger partial charge is 0.460 e. The molecule has 0 aliphatic heterocycles. The molecule has 3 rings (SSSR count). The maximum Gasteiger partial charge on any atom is 0.308 e. The molecule has 27 heavy (non-hydrogen) atoms. The van der Waals surface area contributed by atoms with Crippen LogP contribution in [0.15, 0.2) is 45.6 Å². The number of benzene rings is 2. The summed E-state index contributed by atoms with van der Waals surface area (Å²) in [5.74, 6) is -1.40. The van der Waals surface area contributed by atoms with E-state index in [1.165, 1.54) is 50.2 Å². The first-order valence-corrected chi connectivity index (χ1v) is 8.00. The van der Waals surface area contributed by atoms with Crippen LogP contribution < -0.4 is 14.9 Å². The molecule has 0 radical (unpaired) electrons. The van der Waals surface area contributed by atoms with Gasteiger partial charge in [0.05, 0.1) is 5.56 Å². The maximum absolute atomic E-state index is 13.2. The smallest absolute Gasteiger partial charge is 0.308 e. The second-order valence-electron chi connectivity index (χ2n) is 5.85. The molecule has 138 valence electrons. The lowest BCUT2D eigenvalue weighted by Gasteiger charge is -2.12. The third kappa shape index (κ3) is 3.72. The summed E-state index contributed by atoms with van der Waals surface area (Å²) < 4.78 is 29.1. The van der Waals surface area contributed by atoms with E-state index in [1.807, 2.05) is 0 Å². The Hall–Kier alpha value is -3.48. The highest BCUT2D eigenvalue weighted by atomic mass is 19.1. The molecule has 0 saturated carbocycles. The molecule has 0 aliphatic carbocycles. The zero-order valence-corrected chi connectivity index (χ0v) is 14.8. The van der Waals surface area contributed by atoms with Crippen LogP contribution in [-0.4, -0.2) is 11.9 Å². The van der Waals surface area contributed by atoms with Gasteiger partial charge in [-0.1, -0.05) is 12.1 Å². The molecule has 0 spiro atoms. The van der Waals surface area contributed by atoms with Gasteiger partial charge in [0.15, 0.2) is 0 Å². The standard InChI is InChI=1S/C20H15FO6/c1-10-18(13-4-6-14(21)7-5-13)20(24)19-16(25-10)8-15(26-11(2)22)9-17(19)27-12(3)23/h4-9H,1-3H3. The second-order valence-corrected chi connectivity index (χ2v) is 5.85. The Labute approximate surface area is 153 Å². The van der Waals surface area contributed by atoms with Crippen LogP contribution in [0.5, 0.6) is 11.5 Å². The van der Waals surface area contributed by atoms with Gasteiger partial charge in [0, 0.05) is 26.0 Å². The van der Waals surface area contributed by atoms with Crippen molar-refractivity contribution in [1.82, 2.24) is 0 Å². The van der Waals surface area contributed by atoms with Gasteiger partial charge in [-0.3, -0.25) is 14.4 Å². The first kappa shape index (κ1) is 18.3. The van der Waals surface area contributed by atoms with E-state index in [9.17, 15) is 18.8 Å². The van der Waals surface area contributed by atoms with Gasteiger partial charge in [0.1, 0.15) is 34.0 Å². The number of hydrogen-bond donors (Lipinski definition) is 0.